The van der Waals surface area contributed by atoms with E-state index >= 15 is 0 Å². The number of carbonyl (C=O) groups excluding carboxylic acids is 3. The molecule has 4 rings (SSSR count). The van der Waals surface area contributed by atoms with Crippen molar-refractivity contribution in [2.45, 2.75) is 13.1 Å². The number of carbonyl (C=O) groups is 3. The van der Waals surface area contributed by atoms with E-state index in [1.807, 2.05) is 0 Å². The number of nitrogens with one attached hydrogen (secondary N) is 1. The minimum atomic E-state index is -0.564. The number of morpholine rings is 1. The number of ether oxygens (including phenoxy) is 1. The third kappa shape index (κ3) is 4.65. The van der Waals surface area contributed by atoms with Crippen LogP contribution in [0.25, 0.3) is 0 Å². The number of benzene rings is 2. The van der Waals surface area contributed by atoms with Gasteiger partial charge in [-0.15, -0.1) is 0 Å². The number of imide groups is 1. The lowest BCUT2D eigenvalue weighted by Crippen LogP contribution is -2.40. The summed E-state index contributed by atoms with van der Waals surface area (Å²) in [7, 11) is 0. The molecule has 0 radical (unpaired) electrons. The molecule has 9 heteroatoms. The standard InChI is InChI=1S/C23H21Cl2N3O4/c24-18-4-2-1-3-17(18)14-28-22(30)19(25)20(23(28)31)26-13-15-5-7-16(8-6-15)21(29)27-9-11-32-12-10-27/h1-8,26H,9-14H2. The average Bonchev–Trinajstić information content (AvgIpc) is 3.02. The fourth-order valence-electron chi connectivity index (χ4n) is 3.54. The lowest BCUT2D eigenvalue weighted by molar-refractivity contribution is -0.138. The summed E-state index contributed by atoms with van der Waals surface area (Å²) in [4.78, 5) is 40.7. The molecule has 2 aromatic rings. The van der Waals surface area contributed by atoms with Crippen LogP contribution in [0.15, 0.2) is 59.3 Å². The van der Waals surface area contributed by atoms with Crippen molar-refractivity contribution in [3.63, 3.8) is 0 Å². The second-order valence-corrected chi connectivity index (χ2v) is 8.22. The highest BCUT2D eigenvalue weighted by molar-refractivity contribution is 6.47. The van der Waals surface area contributed by atoms with E-state index in [1.165, 1.54) is 0 Å². The Morgan fingerprint density at radius 3 is 2.34 bits per heavy atom. The molecule has 2 aliphatic heterocycles. The van der Waals surface area contributed by atoms with E-state index in [0.717, 1.165) is 10.5 Å². The normalized spacial score (nSPS) is 16.7. The number of nitrogens with zero attached hydrogens (tertiary/aromatic N) is 2. The molecule has 0 atom stereocenters. The SMILES string of the molecule is O=C(c1ccc(CNC2=C(Cl)C(=O)N(Cc3ccccc3Cl)C2=O)cc1)N1CCOCC1. The van der Waals surface area contributed by atoms with Crippen LogP contribution in [0.5, 0.6) is 0 Å². The van der Waals surface area contributed by atoms with Gasteiger partial charge in [0.1, 0.15) is 10.7 Å². The fourth-order valence-corrected chi connectivity index (χ4v) is 3.99. The molecule has 0 bridgehead atoms. The molecular formula is C23H21Cl2N3O4. The van der Waals surface area contributed by atoms with Crippen LogP contribution in [0.2, 0.25) is 5.02 Å². The van der Waals surface area contributed by atoms with Gasteiger partial charge in [0.25, 0.3) is 17.7 Å². The Balaban J connectivity index is 1.38. The Morgan fingerprint density at radius 1 is 0.969 bits per heavy atom. The largest absolute Gasteiger partial charge is 0.378 e. The molecule has 166 valence electrons. The molecule has 2 aromatic carbocycles. The van der Waals surface area contributed by atoms with Gasteiger partial charge in [-0.2, -0.15) is 0 Å². The maximum Gasteiger partial charge on any atom is 0.278 e. The zero-order valence-electron chi connectivity index (χ0n) is 17.1. The molecule has 7 nitrogen and oxygen atoms in total. The Hall–Kier alpha value is -2.87. The number of hydrogen-bond donors (Lipinski definition) is 1. The molecule has 0 unspecified atom stereocenters. The first kappa shape index (κ1) is 22.3. The number of rotatable bonds is 6. The highest BCUT2D eigenvalue weighted by atomic mass is 35.5. The molecule has 1 N–H and O–H groups in total. The monoisotopic (exact) mass is 473 g/mol. The number of amides is 3. The van der Waals surface area contributed by atoms with Crippen molar-refractivity contribution in [2.24, 2.45) is 0 Å². The van der Waals surface area contributed by atoms with Crippen LogP contribution < -0.4 is 5.32 Å². The van der Waals surface area contributed by atoms with Gasteiger partial charge in [-0.05, 0) is 29.3 Å². The molecule has 2 heterocycles. The van der Waals surface area contributed by atoms with E-state index in [0.29, 0.717) is 42.5 Å². The molecule has 1 fully saturated rings. The van der Waals surface area contributed by atoms with Gasteiger partial charge < -0.3 is 15.0 Å². The van der Waals surface area contributed by atoms with Gasteiger partial charge in [0, 0.05) is 30.2 Å². The van der Waals surface area contributed by atoms with E-state index in [1.54, 1.807) is 53.4 Å². The summed E-state index contributed by atoms with van der Waals surface area (Å²) in [6.45, 7) is 2.56. The average molecular weight is 474 g/mol. The smallest absolute Gasteiger partial charge is 0.278 e. The minimum absolute atomic E-state index is 0.0367. The topological polar surface area (TPSA) is 79.0 Å². The van der Waals surface area contributed by atoms with Crippen LogP contribution in [-0.4, -0.2) is 53.8 Å². The number of halogens is 2. The Kier molecular flexibility index (Phi) is 6.79. The van der Waals surface area contributed by atoms with Crippen LogP contribution >= 0.6 is 23.2 Å². The summed E-state index contributed by atoms with van der Waals surface area (Å²) >= 11 is 12.3. The van der Waals surface area contributed by atoms with Crippen molar-refractivity contribution >= 4 is 40.9 Å². The van der Waals surface area contributed by atoms with Crippen LogP contribution in [0.1, 0.15) is 21.5 Å². The summed E-state index contributed by atoms with van der Waals surface area (Å²) in [6.07, 6.45) is 0. The second-order valence-electron chi connectivity index (χ2n) is 7.43. The van der Waals surface area contributed by atoms with Crippen molar-refractivity contribution in [3.05, 3.63) is 81.0 Å². The van der Waals surface area contributed by atoms with Gasteiger partial charge >= 0.3 is 0 Å². The summed E-state index contributed by atoms with van der Waals surface area (Å²) in [5.41, 5.74) is 2.13. The molecule has 0 saturated carbocycles. The van der Waals surface area contributed by atoms with Crippen molar-refractivity contribution in [2.75, 3.05) is 26.3 Å². The van der Waals surface area contributed by atoms with Crippen molar-refractivity contribution in [1.82, 2.24) is 15.1 Å². The summed E-state index contributed by atoms with van der Waals surface area (Å²) in [6, 6.07) is 14.1. The quantitative estimate of drug-likeness (QED) is 0.652. The third-order valence-corrected chi connectivity index (χ3v) is 6.09. The van der Waals surface area contributed by atoms with Gasteiger partial charge in [-0.25, -0.2) is 0 Å². The van der Waals surface area contributed by atoms with Crippen molar-refractivity contribution in [1.29, 1.82) is 0 Å². The molecule has 1 saturated heterocycles. The van der Waals surface area contributed by atoms with E-state index < -0.39 is 11.8 Å². The Bertz CT molecular complexity index is 1080. The van der Waals surface area contributed by atoms with Gasteiger partial charge in [-0.3, -0.25) is 19.3 Å². The molecule has 0 aliphatic carbocycles. The van der Waals surface area contributed by atoms with Gasteiger partial charge in [0.05, 0.1) is 19.8 Å². The zero-order chi connectivity index (χ0) is 22.7. The van der Waals surface area contributed by atoms with Crippen LogP contribution in [0.4, 0.5) is 0 Å². The first-order chi connectivity index (χ1) is 15.5. The summed E-state index contributed by atoms with van der Waals surface area (Å²) in [5.74, 6) is -1.10. The Labute approximate surface area is 195 Å². The van der Waals surface area contributed by atoms with E-state index in [9.17, 15) is 14.4 Å². The predicted molar refractivity (Wildman–Crippen MR) is 120 cm³/mol. The van der Waals surface area contributed by atoms with E-state index in [-0.39, 0.29) is 29.7 Å². The minimum Gasteiger partial charge on any atom is -0.378 e. The van der Waals surface area contributed by atoms with Crippen molar-refractivity contribution < 1.29 is 19.1 Å². The van der Waals surface area contributed by atoms with E-state index in [2.05, 4.69) is 5.32 Å². The van der Waals surface area contributed by atoms with Gasteiger partial charge in [-0.1, -0.05) is 53.5 Å². The Morgan fingerprint density at radius 2 is 1.66 bits per heavy atom. The first-order valence-electron chi connectivity index (χ1n) is 10.1. The second kappa shape index (κ2) is 9.73. The van der Waals surface area contributed by atoms with Crippen LogP contribution in [-0.2, 0) is 27.4 Å². The van der Waals surface area contributed by atoms with Crippen LogP contribution in [0.3, 0.4) is 0 Å². The molecule has 32 heavy (non-hydrogen) atoms. The van der Waals surface area contributed by atoms with Crippen molar-refractivity contribution in [3.8, 4) is 0 Å². The summed E-state index contributed by atoms with van der Waals surface area (Å²) in [5, 5.41) is 3.28. The molecule has 3 amide bonds. The summed E-state index contributed by atoms with van der Waals surface area (Å²) < 4.78 is 5.28. The van der Waals surface area contributed by atoms with Gasteiger partial charge in [0.15, 0.2) is 0 Å². The highest BCUT2D eigenvalue weighted by Gasteiger charge is 2.37. The first-order valence-corrected chi connectivity index (χ1v) is 10.9. The predicted octanol–water partition coefficient (Wildman–Crippen LogP) is 2.92. The lowest BCUT2D eigenvalue weighted by atomic mass is 10.1. The molecule has 2 aliphatic rings. The zero-order valence-corrected chi connectivity index (χ0v) is 18.7. The molecular weight excluding hydrogens is 453 g/mol. The van der Waals surface area contributed by atoms with Gasteiger partial charge in [0.2, 0.25) is 0 Å². The molecule has 0 spiro atoms. The maximum absolute atomic E-state index is 12.8. The lowest BCUT2D eigenvalue weighted by Gasteiger charge is -2.26. The van der Waals surface area contributed by atoms with E-state index in [4.69, 9.17) is 27.9 Å². The fraction of sp³-hybridized carbons (Fsp3) is 0.261. The maximum atomic E-state index is 12.8. The highest BCUT2D eigenvalue weighted by Crippen LogP contribution is 2.26. The molecule has 0 aromatic heterocycles. The number of hydrogen-bond acceptors (Lipinski definition) is 5. The third-order valence-electron chi connectivity index (χ3n) is 5.37. The van der Waals surface area contributed by atoms with Crippen LogP contribution in [0, 0.1) is 0 Å².